The summed E-state index contributed by atoms with van der Waals surface area (Å²) in [6.07, 6.45) is 0. The summed E-state index contributed by atoms with van der Waals surface area (Å²) < 4.78 is 0. The van der Waals surface area contributed by atoms with Gasteiger partial charge in [-0.15, -0.1) is 0 Å². The van der Waals surface area contributed by atoms with E-state index >= 15 is 0 Å². The molecule has 0 spiro atoms. The van der Waals surface area contributed by atoms with Gasteiger partial charge in [-0.2, -0.15) is 0 Å². The van der Waals surface area contributed by atoms with Gasteiger partial charge in [-0.1, -0.05) is 0 Å². The second-order valence-electron chi connectivity index (χ2n) is 1.65. The Kier molecular flexibility index (Phi) is 52.0. The molecule has 1 rings (SSSR count). The summed E-state index contributed by atoms with van der Waals surface area (Å²) in [5, 5.41) is 33.3. The van der Waals surface area contributed by atoms with Gasteiger partial charge in [-0.3, -0.25) is 0 Å². The summed E-state index contributed by atoms with van der Waals surface area (Å²) in [5.74, 6) is 0. The Morgan fingerprint density at radius 3 is 0.667 bits per heavy atom. The first-order chi connectivity index (χ1) is 4.41. The SMILES string of the molecule is O.O.O.O.O.O.O[B-]1(O)OO[B-](O)(O)OO1.[Na+].[Na+]. The fourth-order valence-corrected chi connectivity index (χ4v) is 0.322. The Balaban J connectivity index is -0.0000000208. The molecule has 0 radical (unpaired) electrons. The predicted molar refractivity (Wildman–Crippen MR) is 46.4 cm³/mol. The first-order valence-corrected chi connectivity index (χ1v) is 2.31. The van der Waals surface area contributed by atoms with Gasteiger partial charge in [-0.25, -0.2) is 0 Å². The van der Waals surface area contributed by atoms with Crippen LogP contribution in [-0.4, -0.2) is 66.9 Å². The van der Waals surface area contributed by atoms with E-state index in [9.17, 15) is 0 Å². The van der Waals surface area contributed by atoms with Crippen LogP contribution in [0.4, 0.5) is 0 Å². The van der Waals surface area contributed by atoms with E-state index in [-0.39, 0.29) is 92.0 Å². The van der Waals surface area contributed by atoms with Gasteiger partial charge in [0.25, 0.3) is 0 Å². The third-order valence-electron chi connectivity index (χ3n) is 0.613. The molecule has 0 aliphatic carbocycles. The Labute approximate surface area is 144 Å². The summed E-state index contributed by atoms with van der Waals surface area (Å²) in [4.78, 5) is 14.1. The van der Waals surface area contributed by atoms with Gasteiger partial charge in [-0.05, 0) is 0 Å². The molecule has 1 aliphatic heterocycles. The molecule has 18 heteroatoms. The summed E-state index contributed by atoms with van der Waals surface area (Å²) in [6.45, 7) is -7.41. The molecule has 18 heavy (non-hydrogen) atoms. The van der Waals surface area contributed by atoms with E-state index in [2.05, 4.69) is 19.2 Å². The van der Waals surface area contributed by atoms with Crippen molar-refractivity contribution in [1.29, 1.82) is 0 Å². The molecule has 1 fully saturated rings. The maximum absolute atomic E-state index is 8.32. The molecular formula is H16B2Na2O14. The standard InChI is InChI=1S/B2H4O8.2Na.6H2O/c3-1(4)7-9-2(5,6)10-8-1;;;;;;;;/h3-6H;;;6*1H2/q-2;2*+1;;;;;;. The topological polar surface area (TPSA) is 307 Å². The third-order valence-corrected chi connectivity index (χ3v) is 0.613. The van der Waals surface area contributed by atoms with Crippen LogP contribution in [0.3, 0.4) is 0 Å². The van der Waals surface area contributed by atoms with Gasteiger partial charge in [0, 0.05) is 0 Å². The molecule has 0 saturated carbocycles. The second kappa shape index (κ2) is 18.6. The molecule has 108 valence electrons. The predicted octanol–water partition coefficient (Wildman–Crippen LogP) is -14.2. The van der Waals surface area contributed by atoms with Crippen molar-refractivity contribution in [2.24, 2.45) is 0 Å². The Hall–Kier alpha value is 1.57. The molecule has 0 amide bonds. The van der Waals surface area contributed by atoms with E-state index in [1.165, 1.54) is 0 Å². The zero-order valence-corrected chi connectivity index (χ0v) is 13.6. The van der Waals surface area contributed by atoms with Crippen molar-refractivity contribution >= 4 is 13.9 Å². The van der Waals surface area contributed by atoms with Crippen LogP contribution < -0.4 is 59.1 Å². The first kappa shape index (κ1) is 50.4. The van der Waals surface area contributed by atoms with E-state index in [0.717, 1.165) is 0 Å². The van der Waals surface area contributed by atoms with Gasteiger partial charge < -0.3 is 72.2 Å². The van der Waals surface area contributed by atoms with Crippen molar-refractivity contribution in [3.05, 3.63) is 0 Å². The third kappa shape index (κ3) is 19.9. The van der Waals surface area contributed by atoms with Crippen LogP contribution in [0.25, 0.3) is 0 Å². The minimum Gasteiger partial charge on any atom is -0.531 e. The van der Waals surface area contributed by atoms with Crippen LogP contribution in [0.2, 0.25) is 0 Å². The van der Waals surface area contributed by atoms with Crippen LogP contribution in [0.5, 0.6) is 0 Å². The molecule has 0 aromatic carbocycles. The van der Waals surface area contributed by atoms with Crippen molar-refractivity contribution in [2.75, 3.05) is 0 Å². The van der Waals surface area contributed by atoms with Gasteiger partial charge in [0.2, 0.25) is 0 Å². The number of hydrogen-bond donors (Lipinski definition) is 4. The van der Waals surface area contributed by atoms with E-state index < -0.39 is 13.9 Å². The molecule has 0 aromatic rings. The van der Waals surface area contributed by atoms with Crippen molar-refractivity contribution in [3.8, 4) is 0 Å². The molecule has 0 aromatic heterocycles. The van der Waals surface area contributed by atoms with Crippen molar-refractivity contribution < 1.29 is 131 Å². The number of hydrogen-bond acceptors (Lipinski definition) is 8. The zero-order valence-electron chi connectivity index (χ0n) is 9.58. The molecule has 1 aliphatic rings. The number of rotatable bonds is 0. The Morgan fingerprint density at radius 2 is 0.556 bits per heavy atom. The molecule has 1 heterocycles. The molecule has 0 unspecified atom stereocenters. The summed E-state index contributed by atoms with van der Waals surface area (Å²) >= 11 is 0. The minimum absolute atomic E-state index is 0. The molecule has 16 N–H and O–H groups in total. The van der Waals surface area contributed by atoms with Crippen LogP contribution in [0.1, 0.15) is 0 Å². The summed E-state index contributed by atoms with van der Waals surface area (Å²) in [5.41, 5.74) is 0. The molecule has 0 bridgehead atoms. The maximum atomic E-state index is 8.32. The molecule has 14 nitrogen and oxygen atoms in total. The average Bonchev–Trinajstić information content (AvgIpc) is 1.79. The summed E-state index contributed by atoms with van der Waals surface area (Å²) in [7, 11) is 0. The quantitative estimate of drug-likeness (QED) is 0.245. The zero-order chi connectivity index (χ0) is 7.83. The largest absolute Gasteiger partial charge is 1.00 e. The van der Waals surface area contributed by atoms with E-state index in [1.54, 1.807) is 0 Å². The molecular weight excluding hydrogens is 292 g/mol. The normalized spacial score (nSPS) is 16.7. The fourth-order valence-electron chi connectivity index (χ4n) is 0.322. The van der Waals surface area contributed by atoms with E-state index in [4.69, 9.17) is 20.1 Å². The van der Waals surface area contributed by atoms with Crippen molar-refractivity contribution in [1.82, 2.24) is 0 Å². The maximum Gasteiger partial charge on any atom is 1.00 e. The van der Waals surface area contributed by atoms with Crippen LogP contribution >= 0.6 is 0 Å². The average molecular weight is 308 g/mol. The second-order valence-corrected chi connectivity index (χ2v) is 1.65. The van der Waals surface area contributed by atoms with E-state index in [1.807, 2.05) is 0 Å². The Bertz CT molecular complexity index is 110. The van der Waals surface area contributed by atoms with Gasteiger partial charge in [0.1, 0.15) is 0 Å². The van der Waals surface area contributed by atoms with Crippen LogP contribution in [0.15, 0.2) is 0 Å². The van der Waals surface area contributed by atoms with Crippen molar-refractivity contribution in [3.63, 3.8) is 0 Å². The van der Waals surface area contributed by atoms with Crippen molar-refractivity contribution in [2.45, 2.75) is 0 Å². The van der Waals surface area contributed by atoms with Crippen LogP contribution in [-0.2, 0) is 19.2 Å². The first-order valence-electron chi connectivity index (χ1n) is 2.31. The van der Waals surface area contributed by atoms with Gasteiger partial charge in [0.15, 0.2) is 0 Å². The fraction of sp³-hybridized carbons (Fsp3) is 0. The summed E-state index contributed by atoms with van der Waals surface area (Å²) in [6, 6.07) is 0. The smallest absolute Gasteiger partial charge is 0.531 e. The van der Waals surface area contributed by atoms with Gasteiger partial charge >= 0.3 is 73.0 Å². The Morgan fingerprint density at radius 1 is 0.444 bits per heavy atom. The molecule has 0 atom stereocenters. The van der Waals surface area contributed by atoms with Crippen LogP contribution in [0, 0.1) is 0 Å². The van der Waals surface area contributed by atoms with E-state index in [0.29, 0.717) is 0 Å². The van der Waals surface area contributed by atoms with Gasteiger partial charge in [0.05, 0.1) is 0 Å². The minimum atomic E-state index is -3.71. The molecule has 1 saturated heterocycles. The monoisotopic (exact) mass is 308 g/mol.